The molecule has 0 aliphatic carbocycles. The fraction of sp³-hybridized carbons (Fsp3) is 0.429. The number of nitrogens with zero attached hydrogens (tertiary/aromatic N) is 2. The Labute approximate surface area is 121 Å². The smallest absolute Gasteiger partial charge is 0.255 e. The molecule has 0 unspecified atom stereocenters. The lowest BCUT2D eigenvalue weighted by molar-refractivity contribution is 0.0307. The number of benzene rings is 1. The van der Waals surface area contributed by atoms with Crippen LogP contribution in [0.3, 0.4) is 0 Å². The van der Waals surface area contributed by atoms with E-state index in [2.05, 4.69) is 10.1 Å². The summed E-state index contributed by atoms with van der Waals surface area (Å²) in [6, 6.07) is 5.89. The zero-order valence-electron chi connectivity index (χ0n) is 11.4. The van der Waals surface area contributed by atoms with Crippen molar-refractivity contribution in [2.75, 3.05) is 6.54 Å². The largest absolute Gasteiger partial charge is 0.485 e. The second-order valence-electron chi connectivity index (χ2n) is 4.85. The lowest BCUT2D eigenvalue weighted by Gasteiger charge is -2.07. The first-order chi connectivity index (χ1) is 10.2. The molecule has 2 aromatic rings. The van der Waals surface area contributed by atoms with Crippen LogP contribution in [0.15, 0.2) is 28.8 Å². The molecular weight excluding hydrogens is 277 g/mol. The van der Waals surface area contributed by atoms with E-state index in [0.717, 1.165) is 12.8 Å². The Morgan fingerprint density at radius 1 is 1.38 bits per heavy atom. The van der Waals surface area contributed by atoms with E-state index in [1.165, 1.54) is 12.1 Å². The summed E-state index contributed by atoms with van der Waals surface area (Å²) in [4.78, 5) is 4.24. The van der Waals surface area contributed by atoms with Crippen molar-refractivity contribution < 1.29 is 18.4 Å². The highest BCUT2D eigenvalue weighted by atomic mass is 19.1. The Kier molecular flexibility index (Phi) is 4.12. The average molecular weight is 293 g/mol. The third kappa shape index (κ3) is 3.37. The number of hydrogen-bond donors (Lipinski definition) is 1. The Bertz CT molecular complexity index is 605. The summed E-state index contributed by atoms with van der Waals surface area (Å²) in [5.74, 6) is 0.896. The molecule has 1 saturated heterocycles. The molecule has 1 aliphatic rings. The van der Waals surface area contributed by atoms with E-state index in [9.17, 15) is 4.39 Å². The van der Waals surface area contributed by atoms with Crippen LogP contribution in [0.5, 0.6) is 5.75 Å². The number of hydrogen-bond acceptors (Lipinski definition) is 6. The molecule has 0 spiro atoms. The molecule has 2 heterocycles. The summed E-state index contributed by atoms with van der Waals surface area (Å²) in [7, 11) is 0. The summed E-state index contributed by atoms with van der Waals surface area (Å²) < 4.78 is 29.3. The molecule has 2 atom stereocenters. The van der Waals surface area contributed by atoms with Gasteiger partial charge < -0.3 is 19.7 Å². The first kappa shape index (κ1) is 14.0. The molecule has 1 aromatic heterocycles. The van der Waals surface area contributed by atoms with Gasteiger partial charge in [0.25, 0.3) is 5.89 Å². The van der Waals surface area contributed by atoms with E-state index < -0.39 is 0 Å². The topological polar surface area (TPSA) is 83.4 Å². The van der Waals surface area contributed by atoms with Gasteiger partial charge in [-0.25, -0.2) is 4.39 Å². The maximum Gasteiger partial charge on any atom is 0.255 e. The van der Waals surface area contributed by atoms with E-state index in [4.69, 9.17) is 19.7 Å². The van der Waals surface area contributed by atoms with Crippen LogP contribution < -0.4 is 10.5 Å². The van der Waals surface area contributed by atoms with Gasteiger partial charge in [-0.1, -0.05) is 11.2 Å². The highest BCUT2D eigenvalue weighted by Crippen LogP contribution is 2.31. The van der Waals surface area contributed by atoms with Crippen molar-refractivity contribution in [3.05, 3.63) is 41.8 Å². The molecular formula is C14H16FN3O3. The quantitative estimate of drug-likeness (QED) is 0.907. The minimum atomic E-state index is -0.353. The van der Waals surface area contributed by atoms with E-state index in [1.54, 1.807) is 12.1 Å². The van der Waals surface area contributed by atoms with Gasteiger partial charge in [0.05, 0.1) is 6.10 Å². The molecule has 112 valence electrons. The Morgan fingerprint density at radius 3 is 3.05 bits per heavy atom. The molecule has 21 heavy (non-hydrogen) atoms. The summed E-state index contributed by atoms with van der Waals surface area (Å²) >= 11 is 0. The fourth-order valence-electron chi connectivity index (χ4n) is 2.22. The second-order valence-corrected chi connectivity index (χ2v) is 4.85. The lowest BCUT2D eigenvalue weighted by atomic mass is 10.2. The minimum absolute atomic E-state index is 0.0499. The van der Waals surface area contributed by atoms with Crippen LogP contribution in [0, 0.1) is 5.82 Å². The fourth-order valence-corrected chi connectivity index (χ4v) is 2.22. The van der Waals surface area contributed by atoms with Crippen molar-refractivity contribution in [1.29, 1.82) is 0 Å². The van der Waals surface area contributed by atoms with Crippen LogP contribution in [-0.2, 0) is 11.3 Å². The van der Waals surface area contributed by atoms with Gasteiger partial charge in [0.1, 0.15) is 17.7 Å². The molecule has 7 heteroatoms. The zero-order chi connectivity index (χ0) is 14.7. The molecule has 0 saturated carbocycles. The van der Waals surface area contributed by atoms with Gasteiger partial charge in [0.15, 0.2) is 6.61 Å². The monoisotopic (exact) mass is 293 g/mol. The van der Waals surface area contributed by atoms with Gasteiger partial charge in [-0.15, -0.1) is 0 Å². The Hall–Kier alpha value is -1.99. The molecule has 2 N–H and O–H groups in total. The van der Waals surface area contributed by atoms with Crippen LogP contribution in [0.1, 0.15) is 30.7 Å². The molecule has 0 bridgehead atoms. The highest BCUT2D eigenvalue weighted by Gasteiger charge is 2.29. The average Bonchev–Trinajstić information content (AvgIpc) is 3.14. The molecule has 1 fully saturated rings. The molecule has 0 amide bonds. The maximum absolute atomic E-state index is 13.0. The van der Waals surface area contributed by atoms with Crippen LogP contribution in [0.25, 0.3) is 0 Å². The van der Waals surface area contributed by atoms with E-state index in [0.29, 0.717) is 24.0 Å². The maximum atomic E-state index is 13.0. The summed E-state index contributed by atoms with van der Waals surface area (Å²) in [5, 5.41) is 3.83. The van der Waals surface area contributed by atoms with Gasteiger partial charge in [-0.05, 0) is 25.0 Å². The first-order valence-corrected chi connectivity index (χ1v) is 6.81. The molecule has 0 radical (unpaired) electrons. The molecule has 6 nitrogen and oxygen atoms in total. The van der Waals surface area contributed by atoms with Crippen molar-refractivity contribution in [3.8, 4) is 5.75 Å². The predicted molar refractivity (Wildman–Crippen MR) is 70.9 cm³/mol. The van der Waals surface area contributed by atoms with Crippen molar-refractivity contribution in [2.45, 2.75) is 31.7 Å². The van der Waals surface area contributed by atoms with Crippen molar-refractivity contribution in [1.82, 2.24) is 10.1 Å². The third-order valence-corrected chi connectivity index (χ3v) is 3.29. The Balaban J connectivity index is 1.58. The van der Waals surface area contributed by atoms with Gasteiger partial charge in [-0.2, -0.15) is 4.98 Å². The van der Waals surface area contributed by atoms with E-state index in [1.807, 2.05) is 0 Å². The number of nitrogens with two attached hydrogens (primary N) is 1. The van der Waals surface area contributed by atoms with Crippen molar-refractivity contribution >= 4 is 0 Å². The van der Waals surface area contributed by atoms with Crippen molar-refractivity contribution in [3.63, 3.8) is 0 Å². The van der Waals surface area contributed by atoms with Crippen LogP contribution in [0.2, 0.25) is 0 Å². The lowest BCUT2D eigenvalue weighted by Crippen LogP contribution is -2.18. The van der Waals surface area contributed by atoms with Crippen LogP contribution >= 0.6 is 0 Å². The van der Waals surface area contributed by atoms with Crippen LogP contribution in [-0.4, -0.2) is 22.8 Å². The van der Waals surface area contributed by atoms with Gasteiger partial charge in [-0.3, -0.25) is 0 Å². The van der Waals surface area contributed by atoms with Gasteiger partial charge in [0, 0.05) is 12.6 Å². The normalized spacial score (nSPS) is 21.6. The highest BCUT2D eigenvalue weighted by molar-refractivity contribution is 5.22. The predicted octanol–water partition coefficient (Wildman–Crippen LogP) is 1.97. The van der Waals surface area contributed by atoms with Gasteiger partial charge >= 0.3 is 0 Å². The third-order valence-electron chi connectivity index (χ3n) is 3.29. The SMILES string of the molecule is NC[C@H]1CC[C@@H](c2nc(COc3cccc(F)c3)no2)O1. The first-order valence-electron chi connectivity index (χ1n) is 6.81. The van der Waals surface area contributed by atoms with E-state index in [-0.39, 0.29) is 24.6 Å². The summed E-state index contributed by atoms with van der Waals surface area (Å²) in [5.41, 5.74) is 5.56. The number of halogens is 1. The van der Waals surface area contributed by atoms with E-state index >= 15 is 0 Å². The Morgan fingerprint density at radius 2 is 2.29 bits per heavy atom. The standard InChI is InChI=1S/C14H16FN3O3/c15-9-2-1-3-10(6-9)19-8-13-17-14(21-18-13)12-5-4-11(7-16)20-12/h1-3,6,11-12H,4-5,7-8,16H2/t11-,12+/m1/s1. The number of ether oxygens (including phenoxy) is 2. The van der Waals surface area contributed by atoms with Crippen LogP contribution in [0.4, 0.5) is 4.39 Å². The summed E-state index contributed by atoms with van der Waals surface area (Å²) in [6.07, 6.45) is 1.55. The summed E-state index contributed by atoms with van der Waals surface area (Å²) in [6.45, 7) is 0.597. The minimum Gasteiger partial charge on any atom is -0.485 e. The zero-order valence-corrected chi connectivity index (χ0v) is 11.4. The number of rotatable bonds is 5. The molecule has 1 aliphatic heterocycles. The molecule has 1 aromatic carbocycles. The number of aromatic nitrogens is 2. The van der Waals surface area contributed by atoms with Crippen molar-refractivity contribution in [2.24, 2.45) is 5.73 Å². The molecule has 3 rings (SSSR count). The second kappa shape index (κ2) is 6.19. The van der Waals surface area contributed by atoms with Gasteiger partial charge in [0.2, 0.25) is 5.82 Å².